The Bertz CT molecular complexity index is 834. The van der Waals surface area contributed by atoms with Crippen LogP contribution in [0, 0.1) is 17.0 Å². The van der Waals surface area contributed by atoms with Gasteiger partial charge in [-0.3, -0.25) is 10.1 Å². The highest BCUT2D eigenvalue weighted by molar-refractivity contribution is 7.99. The fourth-order valence-electron chi connectivity index (χ4n) is 2.39. The zero-order valence-corrected chi connectivity index (χ0v) is 14.6. The second-order valence-electron chi connectivity index (χ2n) is 5.67. The number of aryl methyl sites for hydroxylation is 1. The molecule has 0 radical (unpaired) electrons. The number of benzene rings is 3. The van der Waals surface area contributed by atoms with E-state index in [0.29, 0.717) is 0 Å². The molecule has 0 fully saturated rings. The van der Waals surface area contributed by atoms with Crippen molar-refractivity contribution in [2.45, 2.75) is 17.2 Å². The average Bonchev–Trinajstić information content (AvgIpc) is 2.64. The molecule has 0 heterocycles. The summed E-state index contributed by atoms with van der Waals surface area (Å²) < 4.78 is 0. The summed E-state index contributed by atoms with van der Waals surface area (Å²) in [5.41, 5.74) is 3.31. The normalized spacial score (nSPS) is 11.7. The third-order valence-electron chi connectivity index (χ3n) is 3.75. The molecule has 0 saturated carbocycles. The van der Waals surface area contributed by atoms with Crippen LogP contribution in [0.3, 0.4) is 0 Å². The Morgan fingerprint density at radius 2 is 1.56 bits per heavy atom. The van der Waals surface area contributed by atoms with E-state index in [1.165, 1.54) is 17.7 Å². The summed E-state index contributed by atoms with van der Waals surface area (Å²) in [5, 5.41) is 14.3. The van der Waals surface area contributed by atoms with Crippen molar-refractivity contribution in [3.8, 4) is 0 Å². The maximum Gasteiger partial charge on any atom is 0.269 e. The number of hydrogen-bond acceptors (Lipinski definition) is 4. The predicted octanol–water partition coefficient (Wildman–Crippen LogP) is 5.81. The summed E-state index contributed by atoms with van der Waals surface area (Å²) >= 11 is 1.71. The first-order valence-electron chi connectivity index (χ1n) is 7.91. The van der Waals surface area contributed by atoms with Crippen LogP contribution in [-0.2, 0) is 0 Å². The van der Waals surface area contributed by atoms with Crippen LogP contribution < -0.4 is 5.32 Å². The molecule has 0 bridgehead atoms. The second kappa shape index (κ2) is 7.85. The lowest BCUT2D eigenvalue weighted by molar-refractivity contribution is -0.384. The van der Waals surface area contributed by atoms with Crippen molar-refractivity contribution < 1.29 is 4.92 Å². The molecule has 1 atom stereocenters. The van der Waals surface area contributed by atoms with E-state index in [4.69, 9.17) is 0 Å². The van der Waals surface area contributed by atoms with Crippen LogP contribution in [0.2, 0.25) is 0 Å². The molecule has 4 nitrogen and oxygen atoms in total. The topological polar surface area (TPSA) is 55.2 Å². The quantitative estimate of drug-likeness (QED) is 0.264. The van der Waals surface area contributed by atoms with Gasteiger partial charge in [0.15, 0.2) is 0 Å². The number of nitrogens with zero attached hydrogens (tertiary/aromatic N) is 1. The largest absolute Gasteiger partial charge is 0.369 e. The number of nitro benzene ring substituents is 1. The van der Waals surface area contributed by atoms with Gasteiger partial charge in [0.05, 0.1) is 4.92 Å². The van der Waals surface area contributed by atoms with E-state index in [1.54, 1.807) is 23.9 Å². The molecule has 0 amide bonds. The van der Waals surface area contributed by atoms with E-state index in [-0.39, 0.29) is 16.0 Å². The molecule has 1 N–H and O–H groups in total. The molecule has 0 aromatic heterocycles. The van der Waals surface area contributed by atoms with Crippen molar-refractivity contribution in [1.29, 1.82) is 0 Å². The van der Waals surface area contributed by atoms with Crippen LogP contribution in [0.15, 0.2) is 83.8 Å². The van der Waals surface area contributed by atoms with Crippen molar-refractivity contribution in [2.75, 3.05) is 5.32 Å². The summed E-state index contributed by atoms with van der Waals surface area (Å²) in [6.07, 6.45) is 0. The van der Waals surface area contributed by atoms with E-state index < -0.39 is 0 Å². The van der Waals surface area contributed by atoms with Crippen LogP contribution in [-0.4, -0.2) is 4.92 Å². The van der Waals surface area contributed by atoms with Crippen molar-refractivity contribution in [1.82, 2.24) is 0 Å². The Labute approximate surface area is 151 Å². The van der Waals surface area contributed by atoms with Crippen LogP contribution >= 0.6 is 11.8 Å². The van der Waals surface area contributed by atoms with Gasteiger partial charge in [-0.25, -0.2) is 0 Å². The van der Waals surface area contributed by atoms with Gasteiger partial charge in [0.1, 0.15) is 5.37 Å². The summed E-state index contributed by atoms with van der Waals surface area (Å²) in [6, 6.07) is 25.1. The Morgan fingerprint density at radius 3 is 2.16 bits per heavy atom. The third-order valence-corrected chi connectivity index (χ3v) is 4.92. The van der Waals surface area contributed by atoms with E-state index in [1.807, 2.05) is 18.2 Å². The fraction of sp³-hybridized carbons (Fsp3) is 0.100. The molecule has 0 saturated heterocycles. The molecule has 3 aromatic rings. The van der Waals surface area contributed by atoms with Crippen LogP contribution in [0.4, 0.5) is 11.4 Å². The van der Waals surface area contributed by atoms with Crippen LogP contribution in [0.1, 0.15) is 16.5 Å². The molecular formula is C20H18N2O2S. The molecule has 0 aliphatic rings. The lowest BCUT2D eigenvalue weighted by atomic mass is 10.2. The van der Waals surface area contributed by atoms with Crippen molar-refractivity contribution in [3.63, 3.8) is 0 Å². The van der Waals surface area contributed by atoms with Crippen molar-refractivity contribution in [2.24, 2.45) is 0 Å². The molecule has 5 heteroatoms. The summed E-state index contributed by atoms with van der Waals surface area (Å²) in [5.74, 6) is 0. The maximum absolute atomic E-state index is 10.8. The second-order valence-corrected chi connectivity index (χ2v) is 6.85. The highest BCUT2D eigenvalue weighted by atomic mass is 32.2. The van der Waals surface area contributed by atoms with Gasteiger partial charge in [-0.15, -0.1) is 0 Å². The number of nitrogens with one attached hydrogen (secondary N) is 1. The highest BCUT2D eigenvalue weighted by Crippen LogP contribution is 2.36. The monoisotopic (exact) mass is 350 g/mol. The summed E-state index contributed by atoms with van der Waals surface area (Å²) in [7, 11) is 0. The molecule has 0 aliphatic carbocycles. The standard InChI is InChI=1S/C20H18N2O2S/c1-15-7-13-19(14-8-15)25-20(16-5-3-2-4-6-16)21-17-9-11-18(12-10-17)22(23)24/h2-14,20-21H,1H3/t20-/m1/s1. The molecule has 3 rings (SSSR count). The number of rotatable bonds is 6. The van der Waals surface area contributed by atoms with Crippen molar-refractivity contribution >= 4 is 23.1 Å². The zero-order chi connectivity index (χ0) is 17.6. The van der Waals surface area contributed by atoms with Gasteiger partial charge >= 0.3 is 0 Å². The molecule has 0 spiro atoms. The first-order chi connectivity index (χ1) is 12.1. The lowest BCUT2D eigenvalue weighted by Gasteiger charge is -2.20. The van der Waals surface area contributed by atoms with E-state index in [2.05, 4.69) is 48.6 Å². The van der Waals surface area contributed by atoms with E-state index in [0.717, 1.165) is 16.1 Å². The average molecular weight is 350 g/mol. The van der Waals surface area contributed by atoms with E-state index in [9.17, 15) is 10.1 Å². The number of non-ortho nitro benzene ring substituents is 1. The third kappa shape index (κ3) is 4.61. The van der Waals surface area contributed by atoms with Crippen molar-refractivity contribution in [3.05, 3.63) is 100 Å². The van der Waals surface area contributed by atoms with Gasteiger partial charge in [-0.1, -0.05) is 59.8 Å². The highest BCUT2D eigenvalue weighted by Gasteiger charge is 2.14. The minimum absolute atomic E-state index is 0.00497. The number of anilines is 1. The van der Waals surface area contributed by atoms with Gasteiger partial charge in [0.2, 0.25) is 0 Å². The minimum Gasteiger partial charge on any atom is -0.369 e. The van der Waals surface area contributed by atoms with Gasteiger partial charge in [0.25, 0.3) is 5.69 Å². The zero-order valence-electron chi connectivity index (χ0n) is 13.8. The first kappa shape index (κ1) is 17.0. The summed E-state index contributed by atoms with van der Waals surface area (Å²) in [4.78, 5) is 11.6. The van der Waals surface area contributed by atoms with E-state index >= 15 is 0 Å². The number of hydrogen-bond donors (Lipinski definition) is 1. The molecule has 25 heavy (non-hydrogen) atoms. The predicted molar refractivity (Wildman–Crippen MR) is 103 cm³/mol. The number of nitro groups is 1. The Morgan fingerprint density at radius 1 is 0.920 bits per heavy atom. The first-order valence-corrected chi connectivity index (χ1v) is 8.79. The SMILES string of the molecule is Cc1ccc(S[C@@H](Nc2ccc([N+](=O)[O-])cc2)c2ccccc2)cc1. The van der Waals surface area contributed by atoms with Gasteiger partial charge in [-0.2, -0.15) is 0 Å². The molecule has 0 aliphatic heterocycles. The smallest absolute Gasteiger partial charge is 0.269 e. The maximum atomic E-state index is 10.8. The van der Waals surface area contributed by atoms with Gasteiger partial charge in [-0.05, 0) is 36.8 Å². The Kier molecular flexibility index (Phi) is 5.36. The molecule has 126 valence electrons. The minimum atomic E-state index is -0.389. The summed E-state index contributed by atoms with van der Waals surface area (Å²) in [6.45, 7) is 2.07. The van der Waals surface area contributed by atoms with Crippen LogP contribution in [0.25, 0.3) is 0 Å². The Balaban J connectivity index is 1.83. The fourth-order valence-corrected chi connectivity index (χ4v) is 3.45. The lowest BCUT2D eigenvalue weighted by Crippen LogP contribution is -2.07. The number of thioether (sulfide) groups is 1. The van der Waals surface area contributed by atoms with Gasteiger partial charge < -0.3 is 5.32 Å². The molecule has 3 aromatic carbocycles. The molecular weight excluding hydrogens is 332 g/mol. The Hall–Kier alpha value is -2.79. The van der Waals surface area contributed by atoms with Gasteiger partial charge in [0, 0.05) is 22.7 Å². The van der Waals surface area contributed by atoms with Crippen LogP contribution in [0.5, 0.6) is 0 Å². The molecule has 0 unspecified atom stereocenters.